The minimum Gasteiger partial charge on any atom is -0.292 e. The number of imidazole rings is 1. The quantitative estimate of drug-likeness (QED) is 0.185. The Morgan fingerprint density at radius 2 is 0.830 bits per heavy atom. The molecule has 2 nitrogen and oxygen atoms in total. The van der Waals surface area contributed by atoms with Crippen LogP contribution in [0.4, 0.5) is 0 Å². The zero-order valence-electron chi connectivity index (χ0n) is 25.6. The van der Waals surface area contributed by atoms with Crippen molar-refractivity contribution >= 4 is 59.9 Å². The number of para-hydroxylation sites is 2. The molecule has 0 saturated heterocycles. The molecule has 2 heteroatoms. The van der Waals surface area contributed by atoms with Crippen LogP contribution >= 0.6 is 0 Å². The van der Waals surface area contributed by atoms with Gasteiger partial charge in [-0.2, -0.15) is 0 Å². The average molecular weight is 597 g/mol. The maximum Gasteiger partial charge on any atom is 0.146 e. The molecule has 2 aromatic heterocycles. The van der Waals surface area contributed by atoms with Gasteiger partial charge < -0.3 is 0 Å². The van der Waals surface area contributed by atoms with Crippen LogP contribution in [0.5, 0.6) is 0 Å². The van der Waals surface area contributed by atoms with E-state index in [0.29, 0.717) is 0 Å². The predicted octanol–water partition coefficient (Wildman–Crippen LogP) is 12.1. The number of hydrogen-bond acceptors (Lipinski definition) is 1. The summed E-state index contributed by atoms with van der Waals surface area (Å²) in [6.07, 6.45) is 0. The summed E-state index contributed by atoms with van der Waals surface area (Å²) in [4.78, 5) is 5.07. The first-order valence-electron chi connectivity index (χ1n) is 16.1. The second-order valence-electron chi connectivity index (χ2n) is 12.5. The van der Waals surface area contributed by atoms with Gasteiger partial charge in [-0.05, 0) is 115 Å². The van der Waals surface area contributed by atoms with Crippen LogP contribution in [0.1, 0.15) is 0 Å². The Morgan fingerprint density at radius 3 is 1.49 bits per heavy atom. The van der Waals surface area contributed by atoms with E-state index < -0.39 is 0 Å². The first-order chi connectivity index (χ1) is 23.3. The molecule has 0 atom stereocenters. The first-order valence-corrected chi connectivity index (χ1v) is 16.1. The fourth-order valence-corrected chi connectivity index (χ4v) is 7.36. The van der Waals surface area contributed by atoms with Crippen molar-refractivity contribution in [3.63, 3.8) is 0 Å². The smallest absolute Gasteiger partial charge is 0.146 e. The Labute approximate surface area is 271 Å². The van der Waals surface area contributed by atoms with Crippen molar-refractivity contribution in [1.29, 1.82) is 0 Å². The summed E-state index contributed by atoms with van der Waals surface area (Å²) in [6.45, 7) is 0. The average Bonchev–Trinajstić information content (AvgIpc) is 3.54. The van der Waals surface area contributed by atoms with Gasteiger partial charge in [0, 0.05) is 10.8 Å². The monoisotopic (exact) mass is 596 g/mol. The lowest BCUT2D eigenvalue weighted by atomic mass is 9.91. The molecular formula is C45H28N2. The topological polar surface area (TPSA) is 17.3 Å². The van der Waals surface area contributed by atoms with E-state index in [9.17, 15) is 0 Å². The number of fused-ring (bicyclic) bond motifs is 10. The van der Waals surface area contributed by atoms with Crippen molar-refractivity contribution < 1.29 is 0 Å². The minimum atomic E-state index is 0.999. The van der Waals surface area contributed by atoms with Crippen LogP contribution in [0.15, 0.2) is 170 Å². The molecule has 8 aromatic carbocycles. The Morgan fingerprint density at radius 1 is 0.319 bits per heavy atom. The zero-order chi connectivity index (χ0) is 30.9. The SMILES string of the molecule is c1ccc2cc(-c3cc(-c4ccc5ccccc5c4)cc(-c4ccc5c(c4)c4ccccc4c4nc6ccccc6n54)c3)ccc2c1. The van der Waals surface area contributed by atoms with Crippen molar-refractivity contribution in [2.45, 2.75) is 0 Å². The van der Waals surface area contributed by atoms with Crippen LogP contribution in [0.25, 0.3) is 93.3 Å². The molecule has 0 saturated carbocycles. The van der Waals surface area contributed by atoms with E-state index in [2.05, 4.69) is 174 Å². The largest absolute Gasteiger partial charge is 0.292 e. The molecule has 0 aliphatic rings. The van der Waals surface area contributed by atoms with Gasteiger partial charge in [0.15, 0.2) is 0 Å². The van der Waals surface area contributed by atoms with Crippen molar-refractivity contribution in [1.82, 2.24) is 9.38 Å². The van der Waals surface area contributed by atoms with Crippen LogP contribution in [0, 0.1) is 0 Å². The maximum absolute atomic E-state index is 5.07. The van der Waals surface area contributed by atoms with E-state index in [4.69, 9.17) is 4.98 Å². The van der Waals surface area contributed by atoms with Gasteiger partial charge in [-0.25, -0.2) is 4.98 Å². The molecular weight excluding hydrogens is 569 g/mol. The highest BCUT2D eigenvalue weighted by molar-refractivity contribution is 6.14. The lowest BCUT2D eigenvalue weighted by Gasteiger charge is -2.14. The number of aromatic nitrogens is 2. The Hall–Kier alpha value is -6.25. The van der Waals surface area contributed by atoms with Gasteiger partial charge >= 0.3 is 0 Å². The molecule has 10 aromatic rings. The lowest BCUT2D eigenvalue weighted by Crippen LogP contribution is -1.92. The number of hydrogen-bond donors (Lipinski definition) is 0. The van der Waals surface area contributed by atoms with Gasteiger partial charge in [0.25, 0.3) is 0 Å². The molecule has 2 heterocycles. The molecule has 0 bridgehead atoms. The third-order valence-corrected chi connectivity index (χ3v) is 9.69. The second kappa shape index (κ2) is 10.1. The molecule has 0 spiro atoms. The summed E-state index contributed by atoms with van der Waals surface area (Å²) in [5.74, 6) is 0. The van der Waals surface area contributed by atoms with Gasteiger partial charge in [-0.1, -0.05) is 115 Å². The maximum atomic E-state index is 5.07. The summed E-state index contributed by atoms with van der Waals surface area (Å²) in [5, 5.41) is 8.59. The Bertz CT molecular complexity index is 2760. The van der Waals surface area contributed by atoms with E-state index in [1.807, 2.05) is 0 Å². The normalized spacial score (nSPS) is 11.8. The van der Waals surface area contributed by atoms with Crippen molar-refractivity contribution in [2.75, 3.05) is 0 Å². The first kappa shape index (κ1) is 26.0. The molecule has 0 radical (unpaired) electrons. The van der Waals surface area contributed by atoms with Gasteiger partial charge in [0.2, 0.25) is 0 Å². The summed E-state index contributed by atoms with van der Waals surface area (Å²) < 4.78 is 2.32. The van der Waals surface area contributed by atoms with Gasteiger partial charge in [0.05, 0.1) is 16.6 Å². The third kappa shape index (κ3) is 4.16. The minimum absolute atomic E-state index is 0.999. The summed E-state index contributed by atoms with van der Waals surface area (Å²) in [5.41, 5.74) is 11.5. The Balaban J connectivity index is 1.24. The number of benzene rings is 8. The number of pyridine rings is 1. The van der Waals surface area contributed by atoms with Crippen molar-refractivity contribution in [2.24, 2.45) is 0 Å². The summed E-state index contributed by atoms with van der Waals surface area (Å²) in [6, 6.07) is 61.8. The third-order valence-electron chi connectivity index (χ3n) is 9.69. The van der Waals surface area contributed by atoms with Gasteiger partial charge in [-0.15, -0.1) is 0 Å². The zero-order valence-corrected chi connectivity index (χ0v) is 25.6. The van der Waals surface area contributed by atoms with E-state index in [1.165, 1.54) is 65.7 Å². The van der Waals surface area contributed by atoms with E-state index in [-0.39, 0.29) is 0 Å². The van der Waals surface area contributed by atoms with E-state index >= 15 is 0 Å². The molecule has 0 fully saturated rings. The number of nitrogens with zero attached hydrogens (tertiary/aromatic N) is 2. The van der Waals surface area contributed by atoms with Crippen molar-refractivity contribution in [3.8, 4) is 33.4 Å². The molecule has 218 valence electrons. The van der Waals surface area contributed by atoms with Crippen LogP contribution in [-0.4, -0.2) is 9.38 Å². The molecule has 0 N–H and O–H groups in total. The van der Waals surface area contributed by atoms with E-state index in [0.717, 1.165) is 27.6 Å². The highest BCUT2D eigenvalue weighted by atomic mass is 15.0. The van der Waals surface area contributed by atoms with Crippen LogP contribution < -0.4 is 0 Å². The van der Waals surface area contributed by atoms with Gasteiger partial charge in [-0.3, -0.25) is 4.40 Å². The number of rotatable bonds is 3. The van der Waals surface area contributed by atoms with Crippen LogP contribution in [0.2, 0.25) is 0 Å². The standard InChI is InChI=1S/C45H28N2/c1-3-11-31-23-33(19-17-29(31)9-1)36-25-37(34-20-18-30-10-2-4-12-32(30)24-34)27-38(26-36)35-21-22-43-41(28-35)39-13-5-6-14-40(39)45-46-42-15-7-8-16-44(42)47(43)45/h1-28H. The van der Waals surface area contributed by atoms with E-state index in [1.54, 1.807) is 0 Å². The highest BCUT2D eigenvalue weighted by Crippen LogP contribution is 2.38. The van der Waals surface area contributed by atoms with Crippen LogP contribution in [0.3, 0.4) is 0 Å². The highest BCUT2D eigenvalue weighted by Gasteiger charge is 2.15. The summed E-state index contributed by atoms with van der Waals surface area (Å²) >= 11 is 0. The fraction of sp³-hybridized carbons (Fsp3) is 0. The molecule has 0 aliphatic heterocycles. The fourth-order valence-electron chi connectivity index (χ4n) is 7.36. The lowest BCUT2D eigenvalue weighted by molar-refractivity contribution is 1.31. The second-order valence-corrected chi connectivity index (χ2v) is 12.5. The molecule has 0 aliphatic carbocycles. The molecule has 0 unspecified atom stereocenters. The molecule has 0 amide bonds. The molecule has 47 heavy (non-hydrogen) atoms. The van der Waals surface area contributed by atoms with Crippen molar-refractivity contribution in [3.05, 3.63) is 170 Å². The Kier molecular flexibility index (Phi) is 5.61. The van der Waals surface area contributed by atoms with Gasteiger partial charge in [0.1, 0.15) is 5.65 Å². The summed E-state index contributed by atoms with van der Waals surface area (Å²) in [7, 11) is 0. The van der Waals surface area contributed by atoms with Crippen LogP contribution in [-0.2, 0) is 0 Å². The predicted molar refractivity (Wildman–Crippen MR) is 199 cm³/mol. The molecule has 10 rings (SSSR count).